The van der Waals surface area contributed by atoms with E-state index in [-0.39, 0.29) is 22.9 Å². The highest BCUT2D eigenvalue weighted by molar-refractivity contribution is 8.00. The fourth-order valence-electron chi connectivity index (χ4n) is 4.00. The van der Waals surface area contributed by atoms with Crippen molar-refractivity contribution in [2.45, 2.75) is 69.0 Å². The predicted molar refractivity (Wildman–Crippen MR) is 135 cm³/mol. The monoisotopic (exact) mass is 484 g/mol. The molecule has 174 valence electrons. The normalized spacial score (nSPS) is 17.4. The van der Waals surface area contributed by atoms with Gasteiger partial charge in [-0.1, -0.05) is 68.4 Å². The van der Waals surface area contributed by atoms with E-state index in [1.54, 1.807) is 22.8 Å². The van der Waals surface area contributed by atoms with Gasteiger partial charge in [-0.15, -0.1) is 0 Å². The lowest BCUT2D eigenvalue weighted by Crippen LogP contribution is -2.29. The van der Waals surface area contributed by atoms with Crippen LogP contribution >= 0.6 is 23.4 Å². The highest BCUT2D eigenvalue weighted by atomic mass is 35.5. The quantitative estimate of drug-likeness (QED) is 0.248. The van der Waals surface area contributed by atoms with E-state index in [2.05, 4.69) is 20.8 Å². The van der Waals surface area contributed by atoms with E-state index in [4.69, 9.17) is 21.3 Å². The van der Waals surface area contributed by atoms with Crippen LogP contribution in [-0.2, 0) is 16.7 Å². The summed E-state index contributed by atoms with van der Waals surface area (Å²) in [5, 5.41) is 1.13. The summed E-state index contributed by atoms with van der Waals surface area (Å²) >= 11 is 7.46. The topological polar surface area (TPSA) is 61.2 Å². The number of halogens is 1. The first-order chi connectivity index (χ1) is 15.6. The Kier molecular flexibility index (Phi) is 6.99. The number of thioether (sulfide) groups is 1. The van der Waals surface area contributed by atoms with Crippen LogP contribution in [0.3, 0.4) is 0 Å². The predicted octanol–water partition coefficient (Wildman–Crippen LogP) is 5.89. The average Bonchev–Trinajstić information content (AvgIpc) is 3.28. The minimum atomic E-state index is -0.412. The largest absolute Gasteiger partial charge is 0.376 e. The van der Waals surface area contributed by atoms with Gasteiger partial charge in [0, 0.05) is 17.2 Å². The molecule has 1 aliphatic rings. The number of ketones is 1. The number of Topliss-reactive ketones (excluding diaryl/α,β-unsaturated/α-hetero) is 1. The van der Waals surface area contributed by atoms with Crippen LogP contribution in [0.5, 0.6) is 0 Å². The molecular formula is C26H29ClN2O3S. The Morgan fingerprint density at radius 3 is 2.61 bits per heavy atom. The van der Waals surface area contributed by atoms with Crippen LogP contribution in [0.25, 0.3) is 10.9 Å². The van der Waals surface area contributed by atoms with Crippen molar-refractivity contribution >= 4 is 40.0 Å². The Morgan fingerprint density at radius 2 is 1.97 bits per heavy atom. The first kappa shape index (κ1) is 24.0. The van der Waals surface area contributed by atoms with Crippen molar-refractivity contribution in [3.63, 3.8) is 0 Å². The van der Waals surface area contributed by atoms with Crippen molar-refractivity contribution in [3.05, 3.63) is 69.0 Å². The molecule has 1 fully saturated rings. The molecule has 1 saturated heterocycles. The number of carbonyl (C=O) groups is 1. The van der Waals surface area contributed by atoms with Gasteiger partial charge in [-0.2, -0.15) is 0 Å². The second kappa shape index (κ2) is 9.61. The summed E-state index contributed by atoms with van der Waals surface area (Å²) in [4.78, 5) is 31.2. The maximum Gasteiger partial charge on any atom is 0.262 e. The number of fused-ring (bicyclic) bond motifs is 1. The second-order valence-corrected chi connectivity index (χ2v) is 11.3. The third kappa shape index (κ3) is 5.34. The van der Waals surface area contributed by atoms with Crippen molar-refractivity contribution in [2.75, 3.05) is 6.61 Å². The molecule has 5 nitrogen and oxygen atoms in total. The molecule has 0 spiro atoms. The maximum atomic E-state index is 13.3. The van der Waals surface area contributed by atoms with E-state index in [0.717, 1.165) is 12.8 Å². The number of carbonyl (C=O) groups excluding carboxylic acids is 1. The fraction of sp³-hybridized carbons (Fsp3) is 0.423. The highest BCUT2D eigenvalue weighted by Crippen LogP contribution is 2.28. The molecule has 4 rings (SSSR count). The molecular weight excluding hydrogens is 456 g/mol. The second-order valence-electron chi connectivity index (χ2n) is 9.56. The molecule has 2 aromatic carbocycles. The number of aromatic nitrogens is 2. The van der Waals surface area contributed by atoms with E-state index in [1.165, 1.54) is 17.3 Å². The molecule has 33 heavy (non-hydrogen) atoms. The van der Waals surface area contributed by atoms with E-state index in [1.807, 2.05) is 31.2 Å². The lowest BCUT2D eigenvalue weighted by molar-refractivity contribution is 0.0937. The van der Waals surface area contributed by atoms with Crippen LogP contribution in [0.1, 0.15) is 56.5 Å². The van der Waals surface area contributed by atoms with Crippen molar-refractivity contribution < 1.29 is 9.53 Å². The van der Waals surface area contributed by atoms with Gasteiger partial charge in [0.2, 0.25) is 0 Å². The molecule has 0 N–H and O–H groups in total. The SMILES string of the molecule is C[C@@H](Sc1nc2cc(Cl)ccc2c(=O)n1C[C@H]1CCCO1)C(=O)c1ccc(C(C)(C)C)cc1. The molecule has 0 aliphatic carbocycles. The third-order valence-corrected chi connectivity index (χ3v) is 7.30. The molecule has 2 atom stereocenters. The zero-order valence-corrected chi connectivity index (χ0v) is 21.0. The maximum absolute atomic E-state index is 13.3. The van der Waals surface area contributed by atoms with E-state index >= 15 is 0 Å². The van der Waals surface area contributed by atoms with Gasteiger partial charge in [-0.05, 0) is 48.9 Å². The summed E-state index contributed by atoms with van der Waals surface area (Å²) in [7, 11) is 0. The molecule has 0 bridgehead atoms. The molecule has 2 heterocycles. The third-order valence-electron chi connectivity index (χ3n) is 5.98. The van der Waals surface area contributed by atoms with Gasteiger partial charge in [0.15, 0.2) is 10.9 Å². The molecule has 0 unspecified atom stereocenters. The first-order valence-corrected chi connectivity index (χ1v) is 12.5. The lowest BCUT2D eigenvalue weighted by atomic mass is 9.86. The Balaban J connectivity index is 1.65. The summed E-state index contributed by atoms with van der Waals surface area (Å²) < 4.78 is 7.43. The average molecular weight is 485 g/mol. The van der Waals surface area contributed by atoms with Crippen LogP contribution in [0.2, 0.25) is 5.02 Å². The van der Waals surface area contributed by atoms with Gasteiger partial charge in [0.05, 0.1) is 28.8 Å². The number of benzene rings is 2. The van der Waals surface area contributed by atoms with Crippen LogP contribution in [0, 0.1) is 0 Å². The lowest BCUT2D eigenvalue weighted by Gasteiger charge is -2.20. The Morgan fingerprint density at radius 1 is 1.24 bits per heavy atom. The Labute approximate surface area is 203 Å². The summed E-state index contributed by atoms with van der Waals surface area (Å²) in [5.41, 5.74) is 2.26. The van der Waals surface area contributed by atoms with E-state index in [0.29, 0.717) is 39.8 Å². The molecule has 0 amide bonds. The summed E-state index contributed by atoms with van der Waals surface area (Å²) in [6.45, 7) is 9.43. The van der Waals surface area contributed by atoms with Crippen LogP contribution < -0.4 is 5.56 Å². The van der Waals surface area contributed by atoms with Gasteiger partial charge in [0.1, 0.15) is 0 Å². The Hall–Kier alpha value is -2.15. The number of hydrogen-bond donors (Lipinski definition) is 0. The van der Waals surface area contributed by atoms with Crippen LogP contribution in [0.15, 0.2) is 52.4 Å². The van der Waals surface area contributed by atoms with Crippen LogP contribution in [0.4, 0.5) is 0 Å². The summed E-state index contributed by atoms with van der Waals surface area (Å²) in [6, 6.07) is 12.9. The highest BCUT2D eigenvalue weighted by Gasteiger charge is 2.24. The first-order valence-electron chi connectivity index (χ1n) is 11.3. The number of ether oxygens (including phenoxy) is 1. The van der Waals surface area contributed by atoms with Crippen LogP contribution in [-0.4, -0.2) is 33.3 Å². The molecule has 1 aliphatic heterocycles. The summed E-state index contributed by atoms with van der Waals surface area (Å²) in [5.74, 6) is 0.00423. The number of rotatable bonds is 6. The summed E-state index contributed by atoms with van der Waals surface area (Å²) in [6.07, 6.45) is 1.87. The zero-order valence-electron chi connectivity index (χ0n) is 19.4. The smallest absolute Gasteiger partial charge is 0.262 e. The van der Waals surface area contributed by atoms with Gasteiger partial charge in [-0.3, -0.25) is 14.2 Å². The van der Waals surface area contributed by atoms with Crippen molar-refractivity contribution in [1.82, 2.24) is 9.55 Å². The van der Waals surface area contributed by atoms with Gasteiger partial charge >= 0.3 is 0 Å². The molecule has 7 heteroatoms. The minimum absolute atomic E-state index is 0.00423. The fourth-order valence-corrected chi connectivity index (χ4v) is 5.16. The molecule has 1 aromatic heterocycles. The van der Waals surface area contributed by atoms with Crippen molar-refractivity contribution in [1.29, 1.82) is 0 Å². The molecule has 0 radical (unpaired) electrons. The van der Waals surface area contributed by atoms with Gasteiger partial charge in [0.25, 0.3) is 5.56 Å². The van der Waals surface area contributed by atoms with Gasteiger partial charge in [-0.25, -0.2) is 4.98 Å². The van der Waals surface area contributed by atoms with Gasteiger partial charge < -0.3 is 4.74 Å². The van der Waals surface area contributed by atoms with E-state index in [9.17, 15) is 9.59 Å². The van der Waals surface area contributed by atoms with Crippen molar-refractivity contribution in [3.8, 4) is 0 Å². The standard InChI is InChI=1S/C26H29ClN2O3S/c1-16(23(30)17-7-9-18(10-8-17)26(2,3)4)33-25-28-22-14-19(27)11-12-21(22)24(31)29(25)15-20-6-5-13-32-20/h7-12,14,16,20H,5-6,13,15H2,1-4H3/t16-,20-/m1/s1. The number of nitrogens with zero attached hydrogens (tertiary/aromatic N) is 2. The molecule has 0 saturated carbocycles. The number of hydrogen-bond acceptors (Lipinski definition) is 5. The minimum Gasteiger partial charge on any atom is -0.376 e. The zero-order chi connectivity index (χ0) is 23.8. The van der Waals surface area contributed by atoms with Crippen molar-refractivity contribution in [2.24, 2.45) is 0 Å². The van der Waals surface area contributed by atoms with E-state index < -0.39 is 5.25 Å². The molecule has 3 aromatic rings. The Bertz CT molecular complexity index is 1230.